The molecule has 0 aliphatic heterocycles. The molecule has 2 aromatic heterocycles. The Labute approximate surface area is 145 Å². The fraction of sp³-hybridized carbons (Fsp3) is 0.316. The van der Waals surface area contributed by atoms with Crippen LogP contribution in [-0.4, -0.2) is 21.3 Å². The monoisotopic (exact) mass is 336 g/mol. The quantitative estimate of drug-likeness (QED) is 0.765. The van der Waals surface area contributed by atoms with Gasteiger partial charge >= 0.3 is 0 Å². The highest BCUT2D eigenvalue weighted by molar-refractivity contribution is 5.95. The Morgan fingerprint density at radius 1 is 1.40 bits per heavy atom. The molecule has 0 unspecified atom stereocenters. The topological polar surface area (TPSA) is 83.8 Å². The molecular weight excluding hydrogens is 316 g/mol. The zero-order chi connectivity index (χ0) is 17.4. The van der Waals surface area contributed by atoms with Crippen molar-refractivity contribution in [2.75, 3.05) is 0 Å². The first-order valence-electron chi connectivity index (χ1n) is 8.55. The van der Waals surface area contributed by atoms with E-state index < -0.39 is 0 Å². The van der Waals surface area contributed by atoms with Gasteiger partial charge in [-0.1, -0.05) is 24.2 Å². The third-order valence-electron chi connectivity index (χ3n) is 4.80. The van der Waals surface area contributed by atoms with Gasteiger partial charge in [0.05, 0.1) is 17.8 Å². The summed E-state index contributed by atoms with van der Waals surface area (Å²) in [6.07, 6.45) is 4.25. The molecule has 25 heavy (non-hydrogen) atoms. The van der Waals surface area contributed by atoms with Gasteiger partial charge in [-0.05, 0) is 37.0 Å². The average molecular weight is 336 g/mol. The molecule has 1 amide bonds. The first-order valence-corrected chi connectivity index (χ1v) is 8.55. The van der Waals surface area contributed by atoms with Crippen molar-refractivity contribution < 1.29 is 9.32 Å². The molecule has 2 N–H and O–H groups in total. The number of hydrogen-bond acceptors (Lipinski definition) is 4. The minimum absolute atomic E-state index is 0.0364. The van der Waals surface area contributed by atoms with Crippen molar-refractivity contribution in [2.45, 2.75) is 39.2 Å². The Hall–Kier alpha value is -2.89. The van der Waals surface area contributed by atoms with E-state index >= 15 is 0 Å². The first-order chi connectivity index (χ1) is 12.2. The zero-order valence-electron chi connectivity index (χ0n) is 14.3. The van der Waals surface area contributed by atoms with Gasteiger partial charge in [-0.15, -0.1) is 0 Å². The first kappa shape index (κ1) is 15.6. The molecule has 128 valence electrons. The van der Waals surface area contributed by atoms with E-state index in [0.29, 0.717) is 5.56 Å². The maximum atomic E-state index is 12.4. The summed E-state index contributed by atoms with van der Waals surface area (Å²) < 4.78 is 5.30. The van der Waals surface area contributed by atoms with Gasteiger partial charge in [-0.3, -0.25) is 9.89 Å². The number of carbonyl (C=O) groups excluding carboxylic acids is 1. The average Bonchev–Trinajstić information content (AvgIpc) is 3.34. The van der Waals surface area contributed by atoms with Crippen LogP contribution in [0.25, 0.3) is 11.3 Å². The van der Waals surface area contributed by atoms with E-state index in [2.05, 4.69) is 32.8 Å². The normalized spacial score (nSPS) is 16.0. The number of nitrogens with one attached hydrogen (secondary N) is 2. The largest absolute Gasteiger partial charge is 0.361 e. The Morgan fingerprint density at radius 3 is 3.00 bits per heavy atom. The second kappa shape index (κ2) is 6.20. The van der Waals surface area contributed by atoms with Crippen molar-refractivity contribution in [3.05, 3.63) is 58.6 Å². The lowest BCUT2D eigenvalue weighted by Gasteiger charge is -2.14. The summed E-state index contributed by atoms with van der Waals surface area (Å²) in [5, 5.41) is 14.0. The Kier molecular flexibility index (Phi) is 3.87. The minimum Gasteiger partial charge on any atom is -0.361 e. The van der Waals surface area contributed by atoms with Crippen LogP contribution < -0.4 is 5.32 Å². The number of fused-ring (bicyclic) bond motifs is 1. The SMILES string of the molecule is CCc1cc(-c2ccc3c(c2)CC[C@H]3NC(=O)c2cn[nH]c2C)no1. The van der Waals surface area contributed by atoms with E-state index in [0.717, 1.165) is 42.0 Å². The zero-order valence-corrected chi connectivity index (χ0v) is 14.3. The molecule has 0 radical (unpaired) electrons. The van der Waals surface area contributed by atoms with E-state index in [1.807, 2.05) is 26.0 Å². The van der Waals surface area contributed by atoms with Crippen molar-refractivity contribution in [3.63, 3.8) is 0 Å². The number of aryl methyl sites for hydroxylation is 3. The lowest BCUT2D eigenvalue weighted by Crippen LogP contribution is -2.27. The number of H-pyrrole nitrogens is 1. The Morgan fingerprint density at radius 2 is 2.28 bits per heavy atom. The highest BCUT2D eigenvalue weighted by atomic mass is 16.5. The van der Waals surface area contributed by atoms with Gasteiger partial charge in [-0.25, -0.2) is 0 Å². The molecular formula is C19H20N4O2. The van der Waals surface area contributed by atoms with Crippen molar-refractivity contribution in [1.29, 1.82) is 0 Å². The lowest BCUT2D eigenvalue weighted by molar-refractivity contribution is 0.0936. The highest BCUT2D eigenvalue weighted by Crippen LogP contribution is 2.34. The smallest absolute Gasteiger partial charge is 0.255 e. The number of hydrogen-bond donors (Lipinski definition) is 2. The van der Waals surface area contributed by atoms with Gasteiger partial charge in [0.15, 0.2) is 0 Å². The van der Waals surface area contributed by atoms with Crippen molar-refractivity contribution in [3.8, 4) is 11.3 Å². The second-order valence-electron chi connectivity index (χ2n) is 6.42. The molecule has 2 heterocycles. The van der Waals surface area contributed by atoms with Gasteiger partial charge in [-0.2, -0.15) is 5.10 Å². The van der Waals surface area contributed by atoms with Crippen LogP contribution in [0.4, 0.5) is 0 Å². The standard InChI is InChI=1S/C19H20N4O2/c1-3-14-9-18(23-25-14)13-4-6-15-12(8-13)5-7-17(15)21-19(24)16-10-20-22-11(16)2/h4,6,8-10,17H,3,5,7H2,1-2H3,(H,20,22)(H,21,24)/t17-/m1/s1. The van der Waals surface area contributed by atoms with Crippen molar-refractivity contribution in [1.82, 2.24) is 20.7 Å². The van der Waals surface area contributed by atoms with Crippen LogP contribution in [0.2, 0.25) is 0 Å². The summed E-state index contributed by atoms with van der Waals surface area (Å²) in [5.41, 5.74) is 5.73. The third kappa shape index (κ3) is 2.84. The van der Waals surface area contributed by atoms with Gasteiger partial charge in [0.1, 0.15) is 11.5 Å². The van der Waals surface area contributed by atoms with Crippen LogP contribution in [0.3, 0.4) is 0 Å². The predicted octanol–water partition coefficient (Wildman–Crippen LogP) is 3.35. The Bertz CT molecular complexity index is 925. The molecule has 6 nitrogen and oxygen atoms in total. The number of amides is 1. The number of carbonyl (C=O) groups is 1. The molecule has 1 aromatic carbocycles. The van der Waals surface area contributed by atoms with Crippen LogP contribution in [0, 0.1) is 6.92 Å². The summed E-state index contributed by atoms with van der Waals surface area (Å²) in [6.45, 7) is 3.89. The van der Waals surface area contributed by atoms with E-state index in [9.17, 15) is 4.79 Å². The number of aromatic amines is 1. The van der Waals surface area contributed by atoms with E-state index in [1.165, 1.54) is 11.1 Å². The van der Waals surface area contributed by atoms with Crippen molar-refractivity contribution in [2.24, 2.45) is 0 Å². The van der Waals surface area contributed by atoms with E-state index in [4.69, 9.17) is 4.52 Å². The molecule has 0 saturated heterocycles. The van der Waals surface area contributed by atoms with E-state index in [-0.39, 0.29) is 11.9 Å². The van der Waals surface area contributed by atoms with Crippen LogP contribution in [0.5, 0.6) is 0 Å². The number of benzene rings is 1. The van der Waals surface area contributed by atoms with Gasteiger partial charge in [0.2, 0.25) is 0 Å². The number of aromatic nitrogens is 3. The molecule has 0 spiro atoms. The van der Waals surface area contributed by atoms with Crippen LogP contribution in [0.15, 0.2) is 35.0 Å². The van der Waals surface area contributed by atoms with Crippen LogP contribution in [-0.2, 0) is 12.8 Å². The highest BCUT2D eigenvalue weighted by Gasteiger charge is 2.25. The fourth-order valence-electron chi connectivity index (χ4n) is 3.36. The molecule has 0 saturated carbocycles. The van der Waals surface area contributed by atoms with Gasteiger partial charge < -0.3 is 9.84 Å². The number of rotatable bonds is 4. The summed E-state index contributed by atoms with van der Waals surface area (Å²) in [6, 6.07) is 8.31. The lowest BCUT2D eigenvalue weighted by atomic mass is 10.0. The maximum absolute atomic E-state index is 12.4. The van der Waals surface area contributed by atoms with Gasteiger partial charge in [0.25, 0.3) is 5.91 Å². The minimum atomic E-state index is -0.0859. The van der Waals surface area contributed by atoms with Crippen molar-refractivity contribution >= 4 is 5.91 Å². The van der Waals surface area contributed by atoms with Crippen LogP contribution in [0.1, 0.15) is 52.3 Å². The second-order valence-corrected chi connectivity index (χ2v) is 6.42. The predicted molar refractivity (Wildman–Crippen MR) is 93.2 cm³/mol. The summed E-state index contributed by atoms with van der Waals surface area (Å²) in [5.74, 6) is 0.799. The molecule has 1 aliphatic rings. The van der Waals surface area contributed by atoms with Gasteiger partial charge in [0, 0.05) is 23.7 Å². The molecule has 3 aromatic rings. The molecule has 0 fully saturated rings. The summed E-state index contributed by atoms with van der Waals surface area (Å²) >= 11 is 0. The fourth-order valence-corrected chi connectivity index (χ4v) is 3.36. The molecule has 0 bridgehead atoms. The molecule has 4 rings (SSSR count). The Balaban J connectivity index is 1.55. The maximum Gasteiger partial charge on any atom is 0.255 e. The summed E-state index contributed by atoms with van der Waals surface area (Å²) in [4.78, 5) is 12.4. The third-order valence-corrected chi connectivity index (χ3v) is 4.80. The summed E-state index contributed by atoms with van der Waals surface area (Å²) in [7, 11) is 0. The molecule has 6 heteroatoms. The van der Waals surface area contributed by atoms with Crippen LogP contribution >= 0.6 is 0 Å². The number of nitrogens with zero attached hydrogens (tertiary/aromatic N) is 2. The molecule has 1 aliphatic carbocycles. The molecule has 1 atom stereocenters. The van der Waals surface area contributed by atoms with E-state index in [1.54, 1.807) is 6.20 Å².